The molecular formula is C24H30N6O5. The van der Waals surface area contributed by atoms with E-state index >= 15 is 0 Å². The highest BCUT2D eigenvalue weighted by molar-refractivity contribution is 5.97. The Morgan fingerprint density at radius 2 is 1.51 bits per heavy atom. The lowest BCUT2D eigenvalue weighted by molar-refractivity contribution is -0.142. The third-order valence-electron chi connectivity index (χ3n) is 4.94. The Labute approximate surface area is 203 Å². The maximum Gasteiger partial charge on any atom is 0.326 e. The summed E-state index contributed by atoms with van der Waals surface area (Å²) in [5.74, 6) is -3.01. The number of guanidine groups is 1. The molecule has 0 aliphatic heterocycles. The van der Waals surface area contributed by atoms with E-state index < -0.39 is 35.8 Å². The molecule has 3 amide bonds. The molecule has 35 heavy (non-hydrogen) atoms. The highest BCUT2D eigenvalue weighted by Gasteiger charge is 2.26. The second-order valence-corrected chi connectivity index (χ2v) is 7.71. The van der Waals surface area contributed by atoms with Crippen molar-refractivity contribution < 1.29 is 24.3 Å². The molecule has 2 rings (SSSR count). The largest absolute Gasteiger partial charge is 0.480 e. The van der Waals surface area contributed by atoms with Crippen molar-refractivity contribution in [1.29, 1.82) is 0 Å². The first-order valence-electron chi connectivity index (χ1n) is 11.0. The molecule has 0 saturated carbocycles. The molecule has 0 radical (unpaired) electrons. The number of nitrogens with two attached hydrogens (primary N) is 2. The Morgan fingerprint density at radius 1 is 0.886 bits per heavy atom. The van der Waals surface area contributed by atoms with Crippen LogP contribution in [0.3, 0.4) is 0 Å². The van der Waals surface area contributed by atoms with E-state index in [2.05, 4.69) is 20.9 Å². The molecule has 2 aromatic rings. The minimum absolute atomic E-state index is 0.0942. The Morgan fingerprint density at radius 3 is 2.11 bits per heavy atom. The lowest BCUT2D eigenvalue weighted by Crippen LogP contribution is -2.54. The van der Waals surface area contributed by atoms with E-state index in [-0.39, 0.29) is 31.9 Å². The predicted octanol–water partition coefficient (Wildman–Crippen LogP) is -0.233. The molecular weight excluding hydrogens is 452 g/mol. The fourth-order valence-corrected chi connectivity index (χ4v) is 3.19. The highest BCUT2D eigenvalue weighted by atomic mass is 16.4. The van der Waals surface area contributed by atoms with Gasteiger partial charge in [-0.2, -0.15) is 0 Å². The highest BCUT2D eigenvalue weighted by Crippen LogP contribution is 2.06. The van der Waals surface area contributed by atoms with Crippen molar-refractivity contribution in [2.45, 2.75) is 31.3 Å². The van der Waals surface area contributed by atoms with Gasteiger partial charge in [-0.1, -0.05) is 48.5 Å². The van der Waals surface area contributed by atoms with Crippen LogP contribution in [0, 0.1) is 0 Å². The van der Waals surface area contributed by atoms with E-state index in [1.54, 1.807) is 54.6 Å². The summed E-state index contributed by atoms with van der Waals surface area (Å²) in [5.41, 5.74) is 11.7. The van der Waals surface area contributed by atoms with Gasteiger partial charge >= 0.3 is 5.97 Å². The van der Waals surface area contributed by atoms with Crippen LogP contribution in [0.2, 0.25) is 0 Å². The number of benzene rings is 2. The second-order valence-electron chi connectivity index (χ2n) is 7.71. The number of amides is 3. The number of carboxylic acids is 1. The van der Waals surface area contributed by atoms with Gasteiger partial charge in [0.15, 0.2) is 5.96 Å². The number of aliphatic carboxylic acids is 1. The van der Waals surface area contributed by atoms with Gasteiger partial charge in [0.25, 0.3) is 5.91 Å². The number of nitrogens with one attached hydrogen (secondary N) is 3. The molecule has 0 unspecified atom stereocenters. The van der Waals surface area contributed by atoms with E-state index in [0.29, 0.717) is 12.0 Å². The number of carbonyl (C=O) groups is 4. The standard InChI is InChI=1S/C24H30N6O5/c25-24(26)27-13-7-12-18(23(34)35)30-22(33)19(14-16-8-3-1-4-9-16)29-20(31)15-28-21(32)17-10-5-2-6-11-17/h1-6,8-11,18-19H,7,12-15H2,(H,28,32)(H,29,31)(H,30,33)(H,34,35)(H4,25,26,27)/t18-,19+/m0/s1. The lowest BCUT2D eigenvalue weighted by atomic mass is 10.0. The zero-order chi connectivity index (χ0) is 25.6. The molecule has 2 aromatic carbocycles. The molecule has 11 heteroatoms. The quantitative estimate of drug-likeness (QED) is 0.129. The van der Waals surface area contributed by atoms with Gasteiger partial charge < -0.3 is 32.5 Å². The number of hydrogen-bond acceptors (Lipinski definition) is 5. The van der Waals surface area contributed by atoms with E-state index in [1.165, 1.54) is 0 Å². The number of nitrogens with zero attached hydrogens (tertiary/aromatic N) is 1. The molecule has 0 fully saturated rings. The minimum atomic E-state index is -1.22. The maximum atomic E-state index is 13.0. The Kier molecular flexibility index (Phi) is 10.7. The predicted molar refractivity (Wildman–Crippen MR) is 130 cm³/mol. The van der Waals surface area contributed by atoms with Gasteiger partial charge in [0.05, 0.1) is 6.54 Å². The van der Waals surface area contributed by atoms with Crippen LogP contribution in [0.25, 0.3) is 0 Å². The number of hydrogen-bond donors (Lipinski definition) is 6. The molecule has 0 aromatic heterocycles. The number of carboxylic acid groups (broad SMARTS) is 1. The summed E-state index contributed by atoms with van der Waals surface area (Å²) < 4.78 is 0. The molecule has 0 aliphatic carbocycles. The van der Waals surface area contributed by atoms with Gasteiger partial charge in [-0.3, -0.25) is 19.4 Å². The third kappa shape index (κ3) is 9.95. The summed E-state index contributed by atoms with van der Waals surface area (Å²) in [7, 11) is 0. The van der Waals surface area contributed by atoms with Crippen molar-refractivity contribution in [2.75, 3.05) is 13.1 Å². The van der Waals surface area contributed by atoms with Crippen molar-refractivity contribution in [3.05, 3.63) is 71.8 Å². The van der Waals surface area contributed by atoms with Gasteiger partial charge in [-0.05, 0) is 30.5 Å². The van der Waals surface area contributed by atoms with Gasteiger partial charge in [0, 0.05) is 18.5 Å². The molecule has 186 valence electrons. The Hall–Kier alpha value is -4.41. The molecule has 0 spiro atoms. The lowest BCUT2D eigenvalue weighted by Gasteiger charge is -2.22. The molecule has 2 atom stereocenters. The van der Waals surface area contributed by atoms with Crippen molar-refractivity contribution in [3.63, 3.8) is 0 Å². The summed E-state index contributed by atoms with van der Waals surface area (Å²) in [5, 5.41) is 17.1. The second kappa shape index (κ2) is 14.0. The zero-order valence-corrected chi connectivity index (χ0v) is 19.1. The first-order chi connectivity index (χ1) is 16.8. The van der Waals surface area contributed by atoms with Crippen LogP contribution in [0.1, 0.15) is 28.8 Å². The van der Waals surface area contributed by atoms with Crippen molar-refractivity contribution in [3.8, 4) is 0 Å². The number of aliphatic imine (C=N–C) groups is 1. The van der Waals surface area contributed by atoms with E-state index in [0.717, 1.165) is 5.56 Å². The smallest absolute Gasteiger partial charge is 0.326 e. The fourth-order valence-electron chi connectivity index (χ4n) is 3.19. The SMILES string of the molecule is NC(N)=NCCC[C@H](NC(=O)[C@@H](Cc1ccccc1)NC(=O)CNC(=O)c1ccccc1)C(=O)O. The van der Waals surface area contributed by atoms with E-state index in [9.17, 15) is 24.3 Å². The topological polar surface area (TPSA) is 189 Å². The normalized spacial score (nSPS) is 12.0. The first kappa shape index (κ1) is 26.8. The maximum absolute atomic E-state index is 13.0. The molecule has 0 aliphatic rings. The summed E-state index contributed by atoms with van der Waals surface area (Å²) in [6.07, 6.45) is 0.554. The van der Waals surface area contributed by atoms with Crippen LogP contribution in [0.15, 0.2) is 65.7 Å². The molecule has 8 N–H and O–H groups in total. The van der Waals surface area contributed by atoms with E-state index in [4.69, 9.17) is 11.5 Å². The van der Waals surface area contributed by atoms with Crippen LogP contribution in [-0.2, 0) is 20.8 Å². The van der Waals surface area contributed by atoms with Gasteiger partial charge in [0.2, 0.25) is 11.8 Å². The number of rotatable bonds is 13. The summed E-state index contributed by atoms with van der Waals surface area (Å²) in [6, 6.07) is 15.1. The average Bonchev–Trinajstić information content (AvgIpc) is 2.84. The minimum Gasteiger partial charge on any atom is -0.480 e. The van der Waals surface area contributed by atoms with Crippen LogP contribution in [0.5, 0.6) is 0 Å². The summed E-state index contributed by atoms with van der Waals surface area (Å²) in [6.45, 7) is -0.138. The Balaban J connectivity index is 2.02. The van der Waals surface area contributed by atoms with Crippen LogP contribution in [-0.4, -0.2) is 59.9 Å². The zero-order valence-electron chi connectivity index (χ0n) is 19.1. The third-order valence-corrected chi connectivity index (χ3v) is 4.94. The van der Waals surface area contributed by atoms with Crippen LogP contribution >= 0.6 is 0 Å². The average molecular weight is 483 g/mol. The summed E-state index contributed by atoms with van der Waals surface area (Å²) in [4.78, 5) is 53.1. The number of carbonyl (C=O) groups excluding carboxylic acids is 3. The Bertz CT molecular complexity index is 1030. The van der Waals surface area contributed by atoms with Crippen molar-refractivity contribution >= 4 is 29.7 Å². The van der Waals surface area contributed by atoms with E-state index in [1.807, 2.05) is 6.07 Å². The van der Waals surface area contributed by atoms with Crippen molar-refractivity contribution in [2.24, 2.45) is 16.5 Å². The van der Waals surface area contributed by atoms with Gasteiger partial charge in [0.1, 0.15) is 12.1 Å². The van der Waals surface area contributed by atoms with Crippen molar-refractivity contribution in [1.82, 2.24) is 16.0 Å². The fraction of sp³-hybridized carbons (Fsp3) is 0.292. The van der Waals surface area contributed by atoms with Gasteiger partial charge in [-0.15, -0.1) is 0 Å². The molecule has 0 saturated heterocycles. The molecule has 0 bridgehead atoms. The monoisotopic (exact) mass is 482 g/mol. The van der Waals surface area contributed by atoms with Gasteiger partial charge in [-0.25, -0.2) is 4.79 Å². The molecule has 0 heterocycles. The molecule has 11 nitrogen and oxygen atoms in total. The first-order valence-corrected chi connectivity index (χ1v) is 11.0. The van der Waals surface area contributed by atoms with Crippen LogP contribution in [0.4, 0.5) is 0 Å². The summed E-state index contributed by atoms with van der Waals surface area (Å²) >= 11 is 0. The van der Waals surface area contributed by atoms with Crippen LogP contribution < -0.4 is 27.4 Å².